The highest BCUT2D eigenvalue weighted by Gasteiger charge is 2.23. The van der Waals surface area contributed by atoms with Crippen LogP contribution in [0.2, 0.25) is 10.0 Å². The first-order valence-electron chi connectivity index (χ1n) is 15.8. The summed E-state index contributed by atoms with van der Waals surface area (Å²) in [5, 5.41) is 3.99. The Morgan fingerprint density at radius 2 is 1.66 bits per heavy atom. The molecule has 250 valence electrons. The summed E-state index contributed by atoms with van der Waals surface area (Å²) in [6, 6.07) is 13.1. The number of ether oxygens (including phenoxy) is 2. The molecular weight excluding hydrogens is 643 g/mol. The largest absolute Gasteiger partial charge is 0.469 e. The SMILES string of the molecule is COC(=O)CCC(=O)N1CCN(c2ccc(Oc3cc(CN4CCC(CNC(C)=O)CC4)cc(-c4cc(Cl)cc(Cl)c4)n3)cn2)CC1. The number of hydrogen-bond donors (Lipinski definition) is 1. The van der Waals surface area contributed by atoms with Crippen molar-refractivity contribution in [2.45, 2.75) is 39.2 Å². The molecule has 2 aromatic heterocycles. The van der Waals surface area contributed by atoms with Crippen molar-refractivity contribution in [3.05, 3.63) is 64.3 Å². The molecule has 0 bridgehead atoms. The second-order valence-electron chi connectivity index (χ2n) is 11.9. The van der Waals surface area contributed by atoms with Gasteiger partial charge in [-0.05, 0) is 73.8 Å². The summed E-state index contributed by atoms with van der Waals surface area (Å²) >= 11 is 12.7. The van der Waals surface area contributed by atoms with Gasteiger partial charge in [0.15, 0.2) is 0 Å². The van der Waals surface area contributed by atoms with E-state index in [-0.39, 0.29) is 30.6 Å². The van der Waals surface area contributed by atoms with Crippen LogP contribution in [0.4, 0.5) is 5.82 Å². The normalized spacial score (nSPS) is 15.7. The number of likely N-dealkylation sites (tertiary alicyclic amines) is 1. The smallest absolute Gasteiger partial charge is 0.306 e. The summed E-state index contributed by atoms with van der Waals surface area (Å²) in [6.45, 7) is 7.25. The maximum Gasteiger partial charge on any atom is 0.306 e. The van der Waals surface area contributed by atoms with E-state index in [0.717, 1.165) is 56.0 Å². The summed E-state index contributed by atoms with van der Waals surface area (Å²) < 4.78 is 10.9. The Balaban J connectivity index is 1.24. The van der Waals surface area contributed by atoms with E-state index in [4.69, 9.17) is 32.9 Å². The Labute approximate surface area is 285 Å². The second-order valence-corrected chi connectivity index (χ2v) is 12.8. The zero-order valence-corrected chi connectivity index (χ0v) is 28.2. The van der Waals surface area contributed by atoms with Gasteiger partial charge < -0.3 is 24.6 Å². The molecule has 11 nitrogen and oxygen atoms in total. The van der Waals surface area contributed by atoms with Crippen molar-refractivity contribution in [2.24, 2.45) is 5.92 Å². The number of rotatable bonds is 11. The molecule has 47 heavy (non-hydrogen) atoms. The minimum Gasteiger partial charge on any atom is -0.469 e. The van der Waals surface area contributed by atoms with Crippen molar-refractivity contribution in [1.29, 1.82) is 0 Å². The first-order chi connectivity index (χ1) is 22.6. The Kier molecular flexibility index (Phi) is 11.9. The summed E-state index contributed by atoms with van der Waals surface area (Å²) in [6.07, 6.45) is 3.95. The fourth-order valence-electron chi connectivity index (χ4n) is 5.84. The van der Waals surface area contributed by atoms with Crippen LogP contribution in [0.25, 0.3) is 11.3 Å². The zero-order valence-electron chi connectivity index (χ0n) is 26.7. The summed E-state index contributed by atoms with van der Waals surface area (Å²) in [7, 11) is 1.32. The number of carbonyl (C=O) groups is 3. The number of piperidine rings is 1. The number of carbonyl (C=O) groups excluding carboxylic acids is 3. The third kappa shape index (κ3) is 10.0. The highest BCUT2D eigenvalue weighted by molar-refractivity contribution is 6.35. The average Bonchev–Trinajstić information content (AvgIpc) is 3.06. The van der Waals surface area contributed by atoms with Crippen LogP contribution in [-0.4, -0.2) is 90.5 Å². The van der Waals surface area contributed by atoms with Gasteiger partial charge in [-0.15, -0.1) is 0 Å². The number of benzene rings is 1. The number of halogens is 2. The molecule has 2 fully saturated rings. The third-order valence-corrected chi connectivity index (χ3v) is 8.88. The zero-order chi connectivity index (χ0) is 33.3. The monoisotopic (exact) mass is 682 g/mol. The lowest BCUT2D eigenvalue weighted by Crippen LogP contribution is -2.49. The van der Waals surface area contributed by atoms with Gasteiger partial charge in [-0.1, -0.05) is 23.2 Å². The standard InChI is InChI=1S/C34H40Cl2N6O5/c1-23(43)37-20-24-7-9-40(10-8-24)22-25-15-30(26-17-27(35)19-28(36)18-26)39-32(16-25)47-29-3-4-31(38-21-29)41-11-13-42(14-12-41)33(44)5-6-34(45)46-2/h3-4,15-19,21,24H,5-14,20,22H2,1-2H3,(H,37,43). The Morgan fingerprint density at radius 3 is 2.30 bits per heavy atom. The molecule has 0 unspecified atom stereocenters. The van der Waals surface area contributed by atoms with E-state index in [1.807, 2.05) is 36.4 Å². The molecule has 2 saturated heterocycles. The number of amides is 2. The van der Waals surface area contributed by atoms with Gasteiger partial charge >= 0.3 is 5.97 Å². The number of pyridine rings is 2. The van der Waals surface area contributed by atoms with Crippen LogP contribution in [0.15, 0.2) is 48.7 Å². The fraction of sp³-hybridized carbons (Fsp3) is 0.441. The number of methoxy groups -OCH3 is 1. The summed E-state index contributed by atoms with van der Waals surface area (Å²) in [5.74, 6) is 1.83. The second kappa shape index (κ2) is 16.3. The first-order valence-corrected chi connectivity index (χ1v) is 16.6. The quantitative estimate of drug-likeness (QED) is 0.273. The maximum absolute atomic E-state index is 12.5. The van der Waals surface area contributed by atoms with Crippen molar-refractivity contribution >= 4 is 46.8 Å². The topological polar surface area (TPSA) is 117 Å². The number of aromatic nitrogens is 2. The van der Waals surface area contributed by atoms with Crippen molar-refractivity contribution < 1.29 is 23.9 Å². The summed E-state index contributed by atoms with van der Waals surface area (Å²) in [4.78, 5) is 50.9. The minimum absolute atomic E-state index is 0.0104. The Bertz CT molecular complexity index is 1540. The lowest BCUT2D eigenvalue weighted by atomic mass is 9.96. The molecule has 0 spiro atoms. The van der Waals surface area contributed by atoms with Crippen molar-refractivity contribution in [3.8, 4) is 22.9 Å². The van der Waals surface area contributed by atoms with E-state index in [2.05, 4.69) is 24.8 Å². The van der Waals surface area contributed by atoms with Gasteiger partial charge in [0.1, 0.15) is 11.6 Å². The van der Waals surface area contributed by atoms with E-state index in [9.17, 15) is 14.4 Å². The molecule has 3 aromatic rings. The Morgan fingerprint density at radius 1 is 0.936 bits per heavy atom. The predicted octanol–water partition coefficient (Wildman–Crippen LogP) is 5.19. The van der Waals surface area contributed by atoms with Crippen LogP contribution in [0.3, 0.4) is 0 Å². The molecule has 0 atom stereocenters. The molecular formula is C34H40Cl2N6O5. The van der Waals surface area contributed by atoms with Gasteiger partial charge in [-0.25, -0.2) is 9.97 Å². The molecule has 13 heteroatoms. The number of hydrogen-bond acceptors (Lipinski definition) is 9. The highest BCUT2D eigenvalue weighted by atomic mass is 35.5. The van der Waals surface area contributed by atoms with Gasteiger partial charge in [0.05, 0.1) is 25.4 Å². The van der Waals surface area contributed by atoms with Crippen LogP contribution in [0, 0.1) is 5.92 Å². The average molecular weight is 684 g/mol. The molecule has 1 N–H and O–H groups in total. The van der Waals surface area contributed by atoms with Gasteiger partial charge in [0.2, 0.25) is 17.7 Å². The molecule has 2 aliphatic rings. The van der Waals surface area contributed by atoms with Crippen LogP contribution in [0.5, 0.6) is 11.6 Å². The molecule has 4 heterocycles. The molecule has 5 rings (SSSR count). The van der Waals surface area contributed by atoms with E-state index in [1.165, 1.54) is 7.11 Å². The fourth-order valence-corrected chi connectivity index (χ4v) is 6.37. The number of nitrogens with zero attached hydrogens (tertiary/aromatic N) is 5. The molecule has 0 radical (unpaired) electrons. The van der Waals surface area contributed by atoms with Crippen molar-refractivity contribution in [1.82, 2.24) is 25.1 Å². The highest BCUT2D eigenvalue weighted by Crippen LogP contribution is 2.31. The van der Waals surface area contributed by atoms with Gasteiger partial charge in [0.25, 0.3) is 0 Å². The molecule has 1 aromatic carbocycles. The van der Waals surface area contributed by atoms with Crippen LogP contribution < -0.4 is 15.0 Å². The van der Waals surface area contributed by atoms with Crippen LogP contribution in [0.1, 0.15) is 38.2 Å². The van der Waals surface area contributed by atoms with E-state index < -0.39 is 0 Å². The van der Waals surface area contributed by atoms with Gasteiger partial charge in [-0.3, -0.25) is 19.3 Å². The number of anilines is 1. The van der Waals surface area contributed by atoms with E-state index >= 15 is 0 Å². The van der Waals surface area contributed by atoms with E-state index in [0.29, 0.717) is 59.5 Å². The molecule has 0 saturated carbocycles. The van der Waals surface area contributed by atoms with Crippen LogP contribution >= 0.6 is 23.2 Å². The van der Waals surface area contributed by atoms with Gasteiger partial charge in [0, 0.05) is 74.3 Å². The third-order valence-electron chi connectivity index (χ3n) is 8.44. The molecule has 2 aliphatic heterocycles. The maximum atomic E-state index is 12.5. The lowest BCUT2D eigenvalue weighted by Gasteiger charge is -2.35. The summed E-state index contributed by atoms with van der Waals surface area (Å²) in [5.41, 5.74) is 2.54. The number of esters is 1. The number of nitrogens with one attached hydrogen (secondary N) is 1. The molecule has 0 aliphatic carbocycles. The lowest BCUT2D eigenvalue weighted by molar-refractivity contribution is -0.143. The molecule has 2 amide bonds. The Hall–Kier alpha value is -3.93. The van der Waals surface area contributed by atoms with Crippen molar-refractivity contribution in [2.75, 3.05) is 57.8 Å². The van der Waals surface area contributed by atoms with Crippen LogP contribution in [-0.2, 0) is 25.7 Å². The predicted molar refractivity (Wildman–Crippen MR) is 181 cm³/mol. The number of piperazine rings is 1. The van der Waals surface area contributed by atoms with Crippen molar-refractivity contribution in [3.63, 3.8) is 0 Å². The minimum atomic E-state index is -0.383. The van der Waals surface area contributed by atoms with E-state index in [1.54, 1.807) is 24.1 Å². The first kappa shape index (κ1) is 34.4. The van der Waals surface area contributed by atoms with Gasteiger partial charge in [-0.2, -0.15) is 0 Å².